The number of hydrogen-bond acceptors (Lipinski definition) is 3. The number of pyridine rings is 1. The summed E-state index contributed by atoms with van der Waals surface area (Å²) in [6, 6.07) is 2.00. The maximum absolute atomic E-state index is 4.15. The lowest BCUT2D eigenvalue weighted by molar-refractivity contribution is 0.914. The Morgan fingerprint density at radius 1 is 1.23 bits per heavy atom. The van der Waals surface area contributed by atoms with Gasteiger partial charge in [0.1, 0.15) is 0 Å². The van der Waals surface area contributed by atoms with Crippen molar-refractivity contribution >= 4 is 10.8 Å². The van der Waals surface area contributed by atoms with Gasteiger partial charge in [-0.05, 0) is 19.4 Å². The molecule has 3 nitrogen and oxygen atoms in total. The predicted octanol–water partition coefficient (Wildman–Crippen LogP) is 1.90. The molecule has 66 valence electrons. The van der Waals surface area contributed by atoms with Crippen molar-refractivity contribution in [2.75, 3.05) is 0 Å². The quantitative estimate of drug-likeness (QED) is 0.661. The van der Waals surface area contributed by atoms with Crippen LogP contribution in [0.5, 0.6) is 0 Å². The van der Waals surface area contributed by atoms with E-state index >= 15 is 0 Å². The third-order valence-electron chi connectivity index (χ3n) is 2.18. The normalized spacial score (nSPS) is 10.6. The van der Waals surface area contributed by atoms with Gasteiger partial charge in [0, 0.05) is 23.2 Å². The lowest BCUT2D eigenvalue weighted by atomic mass is 10.1. The van der Waals surface area contributed by atoms with Gasteiger partial charge in [0.05, 0.1) is 11.4 Å². The summed E-state index contributed by atoms with van der Waals surface area (Å²) in [6.07, 6.45) is 4.55. The van der Waals surface area contributed by atoms with Crippen molar-refractivity contribution in [2.45, 2.75) is 20.3 Å². The van der Waals surface area contributed by atoms with Crippen molar-refractivity contribution in [3.63, 3.8) is 0 Å². The average Bonchev–Trinajstić information content (AvgIpc) is 2.19. The predicted molar refractivity (Wildman–Crippen MR) is 51.4 cm³/mol. The van der Waals surface area contributed by atoms with Crippen LogP contribution < -0.4 is 0 Å². The van der Waals surface area contributed by atoms with Gasteiger partial charge >= 0.3 is 0 Å². The van der Waals surface area contributed by atoms with Crippen LogP contribution in [0.2, 0.25) is 0 Å². The molecule has 0 spiro atoms. The molecule has 0 aliphatic carbocycles. The van der Waals surface area contributed by atoms with Crippen molar-refractivity contribution in [2.24, 2.45) is 0 Å². The summed E-state index contributed by atoms with van der Waals surface area (Å²) in [5, 5.41) is 10.5. The second-order valence-corrected chi connectivity index (χ2v) is 3.01. The standard InChI is InChI=1S/C10H11N3/c1-3-10-8-4-5-11-6-9(8)7(2)12-13-10/h4-6H,3H2,1-2H3. The summed E-state index contributed by atoms with van der Waals surface area (Å²) >= 11 is 0. The Hall–Kier alpha value is -1.51. The van der Waals surface area contributed by atoms with E-state index in [-0.39, 0.29) is 0 Å². The fourth-order valence-electron chi connectivity index (χ4n) is 1.44. The number of rotatable bonds is 1. The van der Waals surface area contributed by atoms with E-state index in [4.69, 9.17) is 0 Å². The number of aryl methyl sites for hydroxylation is 2. The highest BCUT2D eigenvalue weighted by Gasteiger charge is 2.03. The molecule has 0 saturated heterocycles. The summed E-state index contributed by atoms with van der Waals surface area (Å²) in [5.74, 6) is 0. The molecule has 0 atom stereocenters. The van der Waals surface area contributed by atoms with Gasteiger partial charge in [0.15, 0.2) is 0 Å². The molecule has 2 rings (SSSR count). The molecule has 0 amide bonds. The van der Waals surface area contributed by atoms with Gasteiger partial charge in [-0.2, -0.15) is 10.2 Å². The minimum Gasteiger partial charge on any atom is -0.264 e. The van der Waals surface area contributed by atoms with E-state index < -0.39 is 0 Å². The second kappa shape index (κ2) is 3.09. The summed E-state index contributed by atoms with van der Waals surface area (Å²) in [7, 11) is 0. The van der Waals surface area contributed by atoms with E-state index in [0.717, 1.165) is 23.2 Å². The fourth-order valence-corrected chi connectivity index (χ4v) is 1.44. The number of nitrogens with zero attached hydrogens (tertiary/aromatic N) is 3. The first-order valence-corrected chi connectivity index (χ1v) is 4.38. The Kier molecular flexibility index (Phi) is 1.93. The van der Waals surface area contributed by atoms with E-state index in [0.29, 0.717) is 0 Å². The molecule has 0 aromatic carbocycles. The van der Waals surface area contributed by atoms with Crippen LogP contribution in [-0.2, 0) is 6.42 Å². The van der Waals surface area contributed by atoms with Crippen molar-refractivity contribution in [3.05, 3.63) is 29.8 Å². The summed E-state index contributed by atoms with van der Waals surface area (Å²) < 4.78 is 0. The van der Waals surface area contributed by atoms with E-state index in [1.807, 2.05) is 19.2 Å². The van der Waals surface area contributed by atoms with Crippen LogP contribution in [0.4, 0.5) is 0 Å². The highest BCUT2D eigenvalue weighted by Crippen LogP contribution is 2.17. The van der Waals surface area contributed by atoms with Gasteiger partial charge in [0.25, 0.3) is 0 Å². The molecule has 0 unspecified atom stereocenters. The molecular weight excluding hydrogens is 162 g/mol. The number of aromatic nitrogens is 3. The highest BCUT2D eigenvalue weighted by molar-refractivity contribution is 5.85. The summed E-state index contributed by atoms with van der Waals surface area (Å²) in [5.41, 5.74) is 1.99. The maximum atomic E-state index is 4.15. The Labute approximate surface area is 76.8 Å². The molecule has 0 bridgehead atoms. The topological polar surface area (TPSA) is 38.7 Å². The van der Waals surface area contributed by atoms with E-state index in [2.05, 4.69) is 22.1 Å². The van der Waals surface area contributed by atoms with E-state index in [9.17, 15) is 0 Å². The Bertz CT molecular complexity index is 437. The molecule has 0 aliphatic heterocycles. The molecule has 0 fully saturated rings. The van der Waals surface area contributed by atoms with Gasteiger partial charge in [-0.3, -0.25) is 4.98 Å². The van der Waals surface area contributed by atoms with Crippen molar-refractivity contribution in [1.82, 2.24) is 15.2 Å². The molecule has 0 N–H and O–H groups in total. The molecule has 0 saturated carbocycles. The minimum atomic E-state index is 0.911. The van der Waals surface area contributed by atoms with Gasteiger partial charge in [-0.1, -0.05) is 6.92 Å². The van der Waals surface area contributed by atoms with Gasteiger partial charge in [-0.25, -0.2) is 0 Å². The van der Waals surface area contributed by atoms with Crippen molar-refractivity contribution in [3.8, 4) is 0 Å². The molecule has 0 aliphatic rings. The highest BCUT2D eigenvalue weighted by atomic mass is 15.1. The molecule has 2 aromatic rings. The van der Waals surface area contributed by atoms with Crippen LogP contribution in [0, 0.1) is 6.92 Å². The zero-order chi connectivity index (χ0) is 9.26. The molecule has 2 aromatic heterocycles. The van der Waals surface area contributed by atoms with Crippen molar-refractivity contribution in [1.29, 1.82) is 0 Å². The van der Waals surface area contributed by atoms with Crippen molar-refractivity contribution < 1.29 is 0 Å². The van der Waals surface area contributed by atoms with Crippen LogP contribution in [-0.4, -0.2) is 15.2 Å². The van der Waals surface area contributed by atoms with Gasteiger partial charge in [0.2, 0.25) is 0 Å². The fraction of sp³-hybridized carbons (Fsp3) is 0.300. The van der Waals surface area contributed by atoms with Crippen LogP contribution >= 0.6 is 0 Å². The molecule has 0 radical (unpaired) electrons. The lowest BCUT2D eigenvalue weighted by Gasteiger charge is -2.03. The molecular formula is C10H11N3. The summed E-state index contributed by atoms with van der Waals surface area (Å²) in [6.45, 7) is 4.04. The first kappa shape index (κ1) is 8.10. The molecule has 3 heteroatoms. The van der Waals surface area contributed by atoms with Crippen LogP contribution in [0.15, 0.2) is 18.5 Å². The Morgan fingerprint density at radius 2 is 2.08 bits per heavy atom. The van der Waals surface area contributed by atoms with Crippen LogP contribution in [0.25, 0.3) is 10.8 Å². The molecule has 2 heterocycles. The third-order valence-corrected chi connectivity index (χ3v) is 2.18. The maximum Gasteiger partial charge on any atom is 0.0707 e. The zero-order valence-corrected chi connectivity index (χ0v) is 7.78. The average molecular weight is 173 g/mol. The summed E-state index contributed by atoms with van der Waals surface area (Å²) in [4.78, 5) is 4.08. The number of fused-ring (bicyclic) bond motifs is 1. The first-order chi connectivity index (χ1) is 6.33. The van der Waals surface area contributed by atoms with Crippen LogP contribution in [0.3, 0.4) is 0 Å². The van der Waals surface area contributed by atoms with Gasteiger partial charge < -0.3 is 0 Å². The monoisotopic (exact) mass is 173 g/mol. The largest absolute Gasteiger partial charge is 0.264 e. The minimum absolute atomic E-state index is 0.911. The Morgan fingerprint density at radius 3 is 2.85 bits per heavy atom. The van der Waals surface area contributed by atoms with Gasteiger partial charge in [-0.15, -0.1) is 0 Å². The first-order valence-electron chi connectivity index (χ1n) is 4.38. The Balaban J connectivity index is 2.84. The molecule has 13 heavy (non-hydrogen) atoms. The second-order valence-electron chi connectivity index (χ2n) is 3.01. The SMILES string of the molecule is CCc1nnc(C)c2cnccc12. The number of hydrogen-bond donors (Lipinski definition) is 0. The third kappa shape index (κ3) is 1.26. The zero-order valence-electron chi connectivity index (χ0n) is 7.78. The lowest BCUT2D eigenvalue weighted by Crippen LogP contribution is -1.96. The van der Waals surface area contributed by atoms with E-state index in [1.165, 1.54) is 5.39 Å². The smallest absolute Gasteiger partial charge is 0.0707 e. The van der Waals surface area contributed by atoms with E-state index in [1.54, 1.807) is 6.20 Å². The van der Waals surface area contributed by atoms with Crippen LogP contribution in [0.1, 0.15) is 18.3 Å².